The maximum Gasteiger partial charge on any atom is 0.248 e. The Bertz CT molecular complexity index is 1210. The first-order chi connectivity index (χ1) is 15.6. The fourth-order valence-corrected chi connectivity index (χ4v) is 3.51. The van der Waals surface area contributed by atoms with Gasteiger partial charge in [-0.25, -0.2) is 0 Å². The second-order valence-electron chi connectivity index (χ2n) is 7.47. The first kappa shape index (κ1) is 24.1. The number of primary amides is 1. The van der Waals surface area contributed by atoms with E-state index >= 15 is 0 Å². The number of aromatic nitrogens is 2. The summed E-state index contributed by atoms with van der Waals surface area (Å²) < 4.78 is 5.98. The maximum absolute atomic E-state index is 11.2. The molecule has 0 radical (unpaired) electrons. The third kappa shape index (κ3) is 5.46. The van der Waals surface area contributed by atoms with Crippen LogP contribution in [0.2, 0.25) is 0 Å². The fourth-order valence-electron chi connectivity index (χ4n) is 3.51. The van der Waals surface area contributed by atoms with Crippen molar-refractivity contribution in [1.29, 1.82) is 0 Å². The SMILES string of the molecule is Cc1c(-c2ccccc2)cccc1-c1nnc(-c2ccc(CN[C@@H](CO)C(N)=O)cc2)o1.Cl. The van der Waals surface area contributed by atoms with Crippen molar-refractivity contribution < 1.29 is 14.3 Å². The van der Waals surface area contributed by atoms with Crippen molar-refractivity contribution in [1.82, 2.24) is 15.5 Å². The van der Waals surface area contributed by atoms with Crippen LogP contribution in [0.5, 0.6) is 0 Å². The van der Waals surface area contributed by atoms with Crippen LogP contribution in [0, 0.1) is 6.92 Å². The summed E-state index contributed by atoms with van der Waals surface area (Å²) in [6, 6.07) is 23.0. The average Bonchev–Trinajstić information content (AvgIpc) is 3.30. The van der Waals surface area contributed by atoms with Gasteiger partial charge in [-0.1, -0.05) is 54.6 Å². The highest BCUT2D eigenvalue weighted by atomic mass is 35.5. The van der Waals surface area contributed by atoms with Crippen LogP contribution in [0.4, 0.5) is 0 Å². The zero-order chi connectivity index (χ0) is 22.5. The molecular formula is C25H25ClN4O3. The fraction of sp³-hybridized carbons (Fsp3) is 0.160. The Morgan fingerprint density at radius 2 is 1.61 bits per heavy atom. The summed E-state index contributed by atoms with van der Waals surface area (Å²) in [5.74, 6) is 0.303. The molecule has 3 aromatic carbocycles. The van der Waals surface area contributed by atoms with Crippen molar-refractivity contribution in [3.8, 4) is 34.0 Å². The molecule has 1 atom stereocenters. The lowest BCUT2D eigenvalue weighted by Crippen LogP contribution is -2.43. The van der Waals surface area contributed by atoms with Crippen molar-refractivity contribution in [2.24, 2.45) is 5.73 Å². The van der Waals surface area contributed by atoms with Gasteiger partial charge in [-0.15, -0.1) is 22.6 Å². The highest BCUT2D eigenvalue weighted by molar-refractivity contribution is 5.85. The lowest BCUT2D eigenvalue weighted by molar-refractivity contribution is -0.120. The van der Waals surface area contributed by atoms with Crippen LogP contribution < -0.4 is 11.1 Å². The summed E-state index contributed by atoms with van der Waals surface area (Å²) in [6.45, 7) is 2.10. The molecule has 1 aromatic heterocycles. The molecule has 1 heterocycles. The molecular weight excluding hydrogens is 440 g/mol. The molecule has 0 unspecified atom stereocenters. The van der Waals surface area contributed by atoms with Crippen LogP contribution in [0.25, 0.3) is 34.0 Å². The standard InChI is InChI=1S/C25H24N4O3.ClH/c1-16-20(18-6-3-2-4-7-18)8-5-9-21(16)25-29-28-24(32-25)19-12-10-17(11-13-19)14-27-22(15-30)23(26)31;/h2-13,22,27,30H,14-15H2,1H3,(H2,26,31);1H/t22-;/m0./s1. The molecule has 7 nitrogen and oxygen atoms in total. The number of nitrogens with two attached hydrogens (primary N) is 1. The first-order valence-corrected chi connectivity index (χ1v) is 10.3. The second-order valence-corrected chi connectivity index (χ2v) is 7.47. The van der Waals surface area contributed by atoms with Gasteiger partial charge in [0, 0.05) is 17.7 Å². The van der Waals surface area contributed by atoms with Gasteiger partial charge >= 0.3 is 0 Å². The predicted octanol–water partition coefficient (Wildman–Crippen LogP) is 3.74. The number of aliphatic hydroxyl groups is 1. The minimum atomic E-state index is -0.775. The minimum Gasteiger partial charge on any atom is -0.416 e. The van der Waals surface area contributed by atoms with Gasteiger partial charge in [0.25, 0.3) is 0 Å². The Balaban J connectivity index is 0.00000306. The summed E-state index contributed by atoms with van der Waals surface area (Å²) in [7, 11) is 0. The van der Waals surface area contributed by atoms with E-state index in [4.69, 9.17) is 10.2 Å². The van der Waals surface area contributed by atoms with E-state index in [2.05, 4.69) is 40.6 Å². The molecule has 0 aliphatic heterocycles. The van der Waals surface area contributed by atoms with Crippen LogP contribution in [0.15, 0.2) is 77.2 Å². The number of aliphatic hydroxyl groups excluding tert-OH is 1. The molecule has 0 aliphatic rings. The largest absolute Gasteiger partial charge is 0.416 e. The number of hydrogen-bond donors (Lipinski definition) is 3. The Labute approximate surface area is 198 Å². The van der Waals surface area contributed by atoms with Gasteiger partial charge in [-0.3, -0.25) is 10.1 Å². The zero-order valence-corrected chi connectivity index (χ0v) is 18.9. The maximum atomic E-state index is 11.2. The summed E-state index contributed by atoms with van der Waals surface area (Å²) in [5.41, 5.74) is 11.2. The van der Waals surface area contributed by atoms with Crippen LogP contribution in [0.3, 0.4) is 0 Å². The van der Waals surface area contributed by atoms with E-state index in [1.165, 1.54) is 0 Å². The highest BCUT2D eigenvalue weighted by Gasteiger charge is 2.16. The number of carbonyl (C=O) groups excluding carboxylic acids is 1. The summed E-state index contributed by atoms with van der Waals surface area (Å²) in [4.78, 5) is 11.2. The van der Waals surface area contributed by atoms with Crippen LogP contribution in [-0.2, 0) is 11.3 Å². The molecule has 4 aromatic rings. The van der Waals surface area contributed by atoms with Crippen LogP contribution in [0.1, 0.15) is 11.1 Å². The minimum absolute atomic E-state index is 0. The lowest BCUT2D eigenvalue weighted by Gasteiger charge is -2.12. The first-order valence-electron chi connectivity index (χ1n) is 10.3. The second kappa shape index (κ2) is 10.9. The quantitative estimate of drug-likeness (QED) is 0.366. The Morgan fingerprint density at radius 3 is 2.27 bits per heavy atom. The van der Waals surface area contributed by atoms with Crippen molar-refractivity contribution >= 4 is 18.3 Å². The lowest BCUT2D eigenvalue weighted by atomic mass is 9.96. The summed E-state index contributed by atoms with van der Waals surface area (Å²) in [5, 5.41) is 20.6. The Hall–Kier alpha value is -3.52. The smallest absolute Gasteiger partial charge is 0.248 e. The van der Waals surface area contributed by atoms with Crippen molar-refractivity contribution in [2.45, 2.75) is 19.5 Å². The van der Waals surface area contributed by atoms with Crippen LogP contribution >= 0.6 is 12.4 Å². The number of carbonyl (C=O) groups is 1. The number of benzene rings is 3. The Kier molecular flexibility index (Phi) is 7.95. The van der Waals surface area contributed by atoms with Gasteiger partial charge in [-0.2, -0.15) is 0 Å². The van der Waals surface area contributed by atoms with E-state index in [0.29, 0.717) is 18.3 Å². The monoisotopic (exact) mass is 464 g/mol. The summed E-state index contributed by atoms with van der Waals surface area (Å²) >= 11 is 0. The predicted molar refractivity (Wildman–Crippen MR) is 129 cm³/mol. The number of rotatable bonds is 8. The molecule has 0 spiro atoms. The van der Waals surface area contributed by atoms with E-state index in [1.807, 2.05) is 54.6 Å². The number of nitrogens with zero attached hydrogens (tertiary/aromatic N) is 2. The van der Waals surface area contributed by atoms with Crippen molar-refractivity contribution in [2.75, 3.05) is 6.61 Å². The summed E-state index contributed by atoms with van der Waals surface area (Å²) in [6.07, 6.45) is 0. The van der Waals surface area contributed by atoms with E-state index in [1.54, 1.807) is 0 Å². The van der Waals surface area contributed by atoms with Crippen molar-refractivity contribution in [3.63, 3.8) is 0 Å². The van der Waals surface area contributed by atoms with Gasteiger partial charge in [0.05, 0.1) is 6.61 Å². The zero-order valence-electron chi connectivity index (χ0n) is 18.1. The molecule has 170 valence electrons. The topological polar surface area (TPSA) is 114 Å². The molecule has 4 N–H and O–H groups in total. The highest BCUT2D eigenvalue weighted by Crippen LogP contribution is 2.32. The average molecular weight is 465 g/mol. The molecule has 4 rings (SSSR count). The van der Waals surface area contributed by atoms with Crippen LogP contribution in [-0.4, -0.2) is 33.9 Å². The third-order valence-corrected chi connectivity index (χ3v) is 5.35. The molecule has 0 aliphatic carbocycles. The van der Waals surface area contributed by atoms with E-state index in [0.717, 1.165) is 33.4 Å². The molecule has 1 amide bonds. The Morgan fingerprint density at radius 1 is 0.939 bits per heavy atom. The van der Waals surface area contributed by atoms with Gasteiger partial charge in [0.15, 0.2) is 0 Å². The number of hydrogen-bond acceptors (Lipinski definition) is 6. The number of amides is 1. The number of halogens is 1. The van der Waals surface area contributed by atoms with Gasteiger partial charge in [0.2, 0.25) is 17.7 Å². The van der Waals surface area contributed by atoms with E-state index in [-0.39, 0.29) is 19.0 Å². The molecule has 8 heteroatoms. The van der Waals surface area contributed by atoms with E-state index in [9.17, 15) is 9.90 Å². The van der Waals surface area contributed by atoms with Gasteiger partial charge < -0.3 is 15.3 Å². The molecule has 0 fully saturated rings. The molecule has 33 heavy (non-hydrogen) atoms. The normalized spacial score (nSPS) is 11.6. The third-order valence-electron chi connectivity index (χ3n) is 5.35. The molecule has 0 bridgehead atoms. The molecule has 0 saturated heterocycles. The van der Waals surface area contributed by atoms with E-state index < -0.39 is 11.9 Å². The molecule has 0 saturated carbocycles. The van der Waals surface area contributed by atoms with Crippen molar-refractivity contribution in [3.05, 3.63) is 83.9 Å². The van der Waals surface area contributed by atoms with Gasteiger partial charge in [0.1, 0.15) is 6.04 Å². The number of nitrogens with one attached hydrogen (secondary N) is 1. The van der Waals surface area contributed by atoms with Gasteiger partial charge in [-0.05, 0) is 47.4 Å².